The summed E-state index contributed by atoms with van der Waals surface area (Å²) in [6.07, 6.45) is 4.31. The van der Waals surface area contributed by atoms with Crippen LogP contribution in [0.3, 0.4) is 0 Å². The van der Waals surface area contributed by atoms with Crippen LogP contribution in [0.1, 0.15) is 58.8 Å². The Balaban J connectivity index is 2.59. The van der Waals surface area contributed by atoms with Gasteiger partial charge in [0.1, 0.15) is 17.8 Å². The number of nitrogens with zero attached hydrogens (tertiary/aromatic N) is 1. The molecule has 0 spiro atoms. The Bertz CT molecular complexity index is 831. The Morgan fingerprint density at radius 1 is 0.944 bits per heavy atom. The van der Waals surface area contributed by atoms with Crippen molar-refractivity contribution in [3.63, 3.8) is 0 Å². The fourth-order valence-electron chi connectivity index (χ4n) is 3.47. The van der Waals surface area contributed by atoms with E-state index in [4.69, 9.17) is 5.73 Å². The van der Waals surface area contributed by atoms with E-state index in [0.717, 1.165) is 4.90 Å². The van der Waals surface area contributed by atoms with E-state index in [1.54, 1.807) is 0 Å². The number of aliphatic hydroxyl groups is 1. The van der Waals surface area contributed by atoms with Gasteiger partial charge < -0.3 is 31.6 Å². The predicted octanol–water partition coefficient (Wildman–Crippen LogP) is -2.38. The van der Waals surface area contributed by atoms with Crippen molar-refractivity contribution in [2.75, 3.05) is 13.1 Å². The van der Waals surface area contributed by atoms with Crippen molar-refractivity contribution in [2.24, 2.45) is 5.73 Å². The number of hydrogen-bond donors (Lipinski definition) is 5. The minimum absolute atomic E-state index is 0.0766. The Morgan fingerprint density at radius 3 is 2.14 bits per heavy atom. The second-order valence-corrected chi connectivity index (χ2v) is 8.94. The Hall–Kier alpha value is -3.06. The first-order valence-corrected chi connectivity index (χ1v) is 12.3. The number of aliphatic hydroxyl groups excluding tert-OH is 1. The van der Waals surface area contributed by atoms with Crippen molar-refractivity contribution in [2.45, 2.75) is 83.0 Å². The lowest BCUT2D eigenvalue weighted by Crippen LogP contribution is -2.58. The fourth-order valence-corrected chi connectivity index (χ4v) is 3.47. The first-order chi connectivity index (χ1) is 17.0. The largest absolute Gasteiger partial charge is 0.391 e. The minimum atomic E-state index is -1.28. The topological polar surface area (TPSA) is 188 Å². The second kappa shape index (κ2) is 15.8. The van der Waals surface area contributed by atoms with Crippen LogP contribution in [0.5, 0.6) is 0 Å². The Kier molecular flexibility index (Phi) is 13.6. The van der Waals surface area contributed by atoms with Crippen LogP contribution in [0, 0.1) is 0 Å². The highest BCUT2D eigenvalue weighted by Crippen LogP contribution is 2.08. The summed E-state index contributed by atoms with van der Waals surface area (Å²) in [4.78, 5) is 73.5. The third kappa shape index (κ3) is 10.7. The average Bonchev–Trinajstić information content (AvgIpc) is 3.13. The molecule has 6 N–H and O–H groups in total. The highest BCUT2D eigenvalue weighted by molar-refractivity contribution is 6.59. The molecule has 0 fully saturated rings. The van der Waals surface area contributed by atoms with Crippen LogP contribution in [-0.4, -0.2) is 90.4 Å². The molecule has 36 heavy (non-hydrogen) atoms. The molecule has 0 aromatic heterocycles. The molecule has 4 atom stereocenters. The average molecular weight is 507 g/mol. The molecule has 0 aromatic carbocycles. The molecule has 13 heteroatoms. The summed E-state index contributed by atoms with van der Waals surface area (Å²) in [5.74, 6) is -2.42. The van der Waals surface area contributed by atoms with E-state index in [9.17, 15) is 33.9 Å². The number of imide groups is 1. The van der Waals surface area contributed by atoms with E-state index >= 15 is 0 Å². The molecule has 0 bridgehead atoms. The van der Waals surface area contributed by atoms with Gasteiger partial charge in [-0.15, -0.1) is 0 Å². The van der Waals surface area contributed by atoms with Gasteiger partial charge >= 0.3 is 0 Å². The molecule has 5 amide bonds. The number of amides is 5. The molecule has 0 aromatic rings. The molecule has 1 heterocycles. The highest BCUT2D eigenvalue weighted by atomic mass is 16.3. The van der Waals surface area contributed by atoms with Crippen molar-refractivity contribution in [3.8, 4) is 0 Å². The maximum Gasteiger partial charge on any atom is 0.253 e. The first-order valence-electron chi connectivity index (χ1n) is 12.3. The maximum absolute atomic E-state index is 12.8. The first kappa shape index (κ1) is 31.0. The predicted molar refractivity (Wildman–Crippen MR) is 134 cm³/mol. The molecule has 1 rings (SSSR count). The van der Waals surface area contributed by atoms with Crippen molar-refractivity contribution in [3.05, 3.63) is 12.2 Å². The Labute approximate surface area is 212 Å². The van der Waals surface area contributed by atoms with Crippen molar-refractivity contribution in [1.29, 1.82) is 0 Å². The SMILES string of the molecule is BC(=O)[C@H](C)NC(=O)[C@H](CCCCN)NC(=O)[C@@H](NC(=O)CCCCCN1C(=O)C=CC1=O)[C@@H](C)O. The number of nitrogens with two attached hydrogens (primary N) is 1. The van der Waals surface area contributed by atoms with E-state index in [1.807, 2.05) is 0 Å². The lowest BCUT2D eigenvalue weighted by Gasteiger charge is -2.25. The van der Waals surface area contributed by atoms with Gasteiger partial charge in [0.15, 0.2) is 7.85 Å². The normalized spacial score (nSPS) is 16.3. The van der Waals surface area contributed by atoms with Crippen LogP contribution in [0.15, 0.2) is 12.2 Å². The number of rotatable bonds is 17. The summed E-state index contributed by atoms with van der Waals surface area (Å²) in [5, 5.41) is 17.7. The summed E-state index contributed by atoms with van der Waals surface area (Å²) in [7, 11) is 1.34. The summed E-state index contributed by atoms with van der Waals surface area (Å²) < 4.78 is 0. The van der Waals surface area contributed by atoms with Gasteiger partial charge in [0, 0.05) is 25.1 Å². The Morgan fingerprint density at radius 2 is 1.58 bits per heavy atom. The van der Waals surface area contributed by atoms with Crippen LogP contribution in [0.2, 0.25) is 0 Å². The van der Waals surface area contributed by atoms with Gasteiger partial charge in [-0.25, -0.2) is 0 Å². The lowest BCUT2D eigenvalue weighted by molar-refractivity contribution is -0.137. The molecule has 1 aliphatic heterocycles. The van der Waals surface area contributed by atoms with E-state index in [0.29, 0.717) is 38.6 Å². The number of carbonyl (C=O) groups excluding carboxylic acids is 6. The molecule has 0 unspecified atom stereocenters. The van der Waals surface area contributed by atoms with Crippen LogP contribution in [-0.2, 0) is 28.8 Å². The molecule has 0 radical (unpaired) electrons. The molecule has 0 aliphatic carbocycles. The van der Waals surface area contributed by atoms with Gasteiger partial charge in [0.25, 0.3) is 11.8 Å². The summed E-state index contributed by atoms with van der Waals surface area (Å²) >= 11 is 0. The van der Waals surface area contributed by atoms with E-state index in [-0.39, 0.29) is 36.9 Å². The van der Waals surface area contributed by atoms with Crippen LogP contribution in [0.25, 0.3) is 0 Å². The zero-order valence-corrected chi connectivity index (χ0v) is 21.2. The van der Waals surface area contributed by atoms with Crippen molar-refractivity contribution in [1.82, 2.24) is 20.9 Å². The van der Waals surface area contributed by atoms with E-state index in [1.165, 1.54) is 33.8 Å². The number of unbranched alkanes of at least 4 members (excludes halogenated alkanes) is 3. The minimum Gasteiger partial charge on any atom is -0.391 e. The van der Waals surface area contributed by atoms with Crippen molar-refractivity contribution < 1.29 is 33.9 Å². The van der Waals surface area contributed by atoms with Gasteiger partial charge in [0.2, 0.25) is 17.7 Å². The highest BCUT2D eigenvalue weighted by Gasteiger charge is 2.30. The van der Waals surface area contributed by atoms with Crippen molar-refractivity contribution >= 4 is 43.1 Å². The molecule has 0 saturated carbocycles. The third-order valence-electron chi connectivity index (χ3n) is 5.82. The van der Waals surface area contributed by atoms with E-state index < -0.39 is 42.0 Å². The standard InChI is InChI=1S/C23H38BN5O7/c1-14(21(24)34)26-22(35)16(8-5-6-12-25)27-23(36)20(15(2)30)28-17(31)9-4-3-7-13-29-18(32)10-11-19(29)33/h10-11,14-16,20,30H,3-9,12-13,24-25H2,1-2H3,(H,26,35)(H,27,36)(H,28,31)/t14-,15+,16-,20-/m0/s1. The molecule has 200 valence electrons. The van der Waals surface area contributed by atoms with E-state index in [2.05, 4.69) is 16.0 Å². The van der Waals surface area contributed by atoms with Gasteiger partial charge in [-0.05, 0) is 52.5 Å². The van der Waals surface area contributed by atoms with Gasteiger partial charge in [-0.1, -0.05) is 6.42 Å². The van der Waals surface area contributed by atoms with Gasteiger partial charge in [-0.2, -0.15) is 0 Å². The quantitative estimate of drug-likeness (QED) is 0.0819. The van der Waals surface area contributed by atoms with Gasteiger partial charge in [0.05, 0.1) is 12.1 Å². The fraction of sp³-hybridized carbons (Fsp3) is 0.652. The number of nitrogens with one attached hydrogen (secondary N) is 3. The molecule has 1 aliphatic rings. The maximum atomic E-state index is 12.8. The van der Waals surface area contributed by atoms with Gasteiger partial charge in [-0.3, -0.25) is 28.9 Å². The second-order valence-electron chi connectivity index (χ2n) is 8.94. The summed E-state index contributed by atoms with van der Waals surface area (Å²) in [6, 6.07) is -2.97. The molecular weight excluding hydrogens is 469 g/mol. The lowest BCUT2D eigenvalue weighted by atomic mass is 9.96. The zero-order valence-electron chi connectivity index (χ0n) is 21.2. The zero-order chi connectivity index (χ0) is 27.3. The molecule has 12 nitrogen and oxygen atoms in total. The third-order valence-corrected chi connectivity index (χ3v) is 5.82. The van der Waals surface area contributed by atoms with Crippen LogP contribution < -0.4 is 21.7 Å². The smallest absolute Gasteiger partial charge is 0.253 e. The number of hydrogen-bond acceptors (Lipinski definition) is 8. The molecular formula is C23H38BN5O7. The summed E-state index contributed by atoms with van der Waals surface area (Å²) in [6.45, 7) is 3.57. The molecule has 0 saturated heterocycles. The van der Waals surface area contributed by atoms with Crippen LogP contribution >= 0.6 is 0 Å². The number of carbonyl (C=O) groups is 6. The van der Waals surface area contributed by atoms with Crippen LogP contribution in [0.4, 0.5) is 0 Å². The monoisotopic (exact) mass is 507 g/mol. The summed E-state index contributed by atoms with van der Waals surface area (Å²) in [5.41, 5.74) is 5.27.